The second kappa shape index (κ2) is 20.2. The fourth-order valence-electron chi connectivity index (χ4n) is 3.69. The molecule has 0 aliphatic carbocycles. The Morgan fingerprint density at radius 1 is 0.500 bits per heavy atom. The van der Waals surface area contributed by atoms with E-state index in [1.54, 1.807) is 0 Å². The first kappa shape index (κ1) is 27.1. The Morgan fingerprint density at radius 2 is 0.833 bits per heavy atom. The third-order valence-electron chi connectivity index (χ3n) is 5.22. The third-order valence-corrected chi connectivity index (χ3v) is 5.78. The summed E-state index contributed by atoms with van der Waals surface area (Å²) in [6, 6.07) is 0. The van der Waals surface area contributed by atoms with Crippen molar-refractivity contribution in [1.82, 2.24) is 0 Å². The third kappa shape index (κ3) is 15.2. The summed E-state index contributed by atoms with van der Waals surface area (Å²) in [5.41, 5.74) is 0. The molecule has 0 fully saturated rings. The van der Waals surface area contributed by atoms with Gasteiger partial charge < -0.3 is 21.5 Å². The van der Waals surface area contributed by atoms with E-state index in [4.69, 9.17) is 0 Å². The van der Waals surface area contributed by atoms with Gasteiger partial charge in [-0.15, -0.1) is 0 Å². The first-order valence-electron chi connectivity index (χ1n) is 10.7. The smallest absolute Gasteiger partial charge is 0.0794 e. The Kier molecular flexibility index (Phi) is 22.9. The van der Waals surface area contributed by atoms with Gasteiger partial charge in [-0.25, -0.2) is 0 Å². The largest absolute Gasteiger partial charge is 1.00 e. The SMILES string of the molecule is CCCCCC[N+](CCCBr)(CCCCCC)CCCCCC.[Br-]. The van der Waals surface area contributed by atoms with Crippen molar-refractivity contribution in [1.29, 1.82) is 0 Å². The predicted molar refractivity (Wildman–Crippen MR) is 111 cm³/mol. The molecule has 0 N–H and O–H groups in total. The highest BCUT2D eigenvalue weighted by molar-refractivity contribution is 9.09. The second-order valence-corrected chi connectivity index (χ2v) is 8.25. The van der Waals surface area contributed by atoms with Crippen molar-refractivity contribution in [3.05, 3.63) is 0 Å². The molecule has 0 aliphatic heterocycles. The zero-order valence-corrected chi connectivity index (χ0v) is 20.1. The van der Waals surface area contributed by atoms with E-state index in [0.717, 1.165) is 0 Å². The van der Waals surface area contributed by atoms with Gasteiger partial charge in [0, 0.05) is 11.8 Å². The molecule has 0 rings (SSSR count). The molecule has 3 heteroatoms. The van der Waals surface area contributed by atoms with Crippen molar-refractivity contribution >= 4 is 15.9 Å². The van der Waals surface area contributed by atoms with E-state index < -0.39 is 0 Å². The highest BCUT2D eigenvalue weighted by Crippen LogP contribution is 2.18. The van der Waals surface area contributed by atoms with Crippen LogP contribution >= 0.6 is 15.9 Å². The fourth-order valence-corrected chi connectivity index (χ4v) is 3.94. The van der Waals surface area contributed by atoms with Gasteiger partial charge in [-0.05, 0) is 38.5 Å². The molecule has 0 unspecified atom stereocenters. The summed E-state index contributed by atoms with van der Waals surface area (Å²) in [5.74, 6) is 0. The van der Waals surface area contributed by atoms with Crippen LogP contribution in [0.25, 0.3) is 0 Å². The monoisotopic (exact) mass is 469 g/mol. The summed E-state index contributed by atoms with van der Waals surface area (Å²) in [7, 11) is 0. The number of alkyl halides is 1. The van der Waals surface area contributed by atoms with Crippen LogP contribution in [0.5, 0.6) is 0 Å². The lowest BCUT2D eigenvalue weighted by atomic mass is 10.1. The average molecular weight is 471 g/mol. The Balaban J connectivity index is 0. The van der Waals surface area contributed by atoms with Crippen LogP contribution in [-0.4, -0.2) is 36.0 Å². The van der Waals surface area contributed by atoms with Gasteiger partial charge in [0.15, 0.2) is 0 Å². The molecule has 0 saturated heterocycles. The zero-order valence-electron chi connectivity index (χ0n) is 16.9. The molecule has 0 saturated carbocycles. The van der Waals surface area contributed by atoms with Gasteiger partial charge >= 0.3 is 0 Å². The maximum absolute atomic E-state index is 3.67. The van der Waals surface area contributed by atoms with Gasteiger partial charge in [0.2, 0.25) is 0 Å². The van der Waals surface area contributed by atoms with Crippen molar-refractivity contribution in [3.63, 3.8) is 0 Å². The molecule has 0 radical (unpaired) electrons. The van der Waals surface area contributed by atoms with E-state index >= 15 is 0 Å². The number of hydrogen-bond acceptors (Lipinski definition) is 0. The topological polar surface area (TPSA) is 0 Å². The lowest BCUT2D eigenvalue weighted by molar-refractivity contribution is -0.928. The van der Waals surface area contributed by atoms with Crippen LogP contribution in [-0.2, 0) is 0 Å². The number of rotatable bonds is 18. The molecular formula is C21H45Br2N. The molecule has 0 amide bonds. The Morgan fingerprint density at radius 3 is 1.12 bits per heavy atom. The summed E-state index contributed by atoms with van der Waals surface area (Å²) in [6.07, 6.45) is 18.3. The minimum atomic E-state index is 0. The minimum Gasteiger partial charge on any atom is -1.00 e. The van der Waals surface area contributed by atoms with Crippen LogP contribution < -0.4 is 17.0 Å². The highest BCUT2D eigenvalue weighted by atomic mass is 79.9. The number of nitrogens with zero attached hydrogens (tertiary/aromatic N) is 1. The quantitative estimate of drug-likeness (QED) is 0.159. The number of unbranched alkanes of at least 4 members (excludes halogenated alkanes) is 9. The summed E-state index contributed by atoms with van der Waals surface area (Å²) < 4.78 is 1.42. The van der Waals surface area contributed by atoms with Crippen molar-refractivity contribution in [2.45, 2.75) is 104 Å². The molecule has 0 spiro atoms. The van der Waals surface area contributed by atoms with Crippen molar-refractivity contribution in [2.24, 2.45) is 0 Å². The molecule has 0 atom stereocenters. The van der Waals surface area contributed by atoms with Gasteiger partial charge in [-0.3, -0.25) is 0 Å². The van der Waals surface area contributed by atoms with Crippen molar-refractivity contribution in [3.8, 4) is 0 Å². The van der Waals surface area contributed by atoms with Gasteiger partial charge in [0.1, 0.15) is 0 Å². The molecule has 0 aromatic heterocycles. The van der Waals surface area contributed by atoms with E-state index in [-0.39, 0.29) is 17.0 Å². The standard InChI is InChI=1S/C21H45BrN.BrH/c1-4-7-10-13-18-23(21-16-17-22,19-14-11-8-5-2)20-15-12-9-6-3;/h4-21H2,1-3H3;1H/q+1;/p-1. The van der Waals surface area contributed by atoms with Gasteiger partial charge in [0.05, 0.1) is 26.2 Å². The van der Waals surface area contributed by atoms with Crippen LogP contribution in [0.4, 0.5) is 0 Å². The molecule has 24 heavy (non-hydrogen) atoms. The minimum absolute atomic E-state index is 0. The van der Waals surface area contributed by atoms with Crippen LogP contribution in [0, 0.1) is 0 Å². The van der Waals surface area contributed by atoms with Gasteiger partial charge in [-0.1, -0.05) is 75.2 Å². The molecule has 0 aromatic carbocycles. The van der Waals surface area contributed by atoms with Crippen LogP contribution in [0.3, 0.4) is 0 Å². The molecule has 0 aromatic rings. The van der Waals surface area contributed by atoms with E-state index in [0.29, 0.717) is 0 Å². The summed E-state index contributed by atoms with van der Waals surface area (Å²) >= 11 is 3.67. The van der Waals surface area contributed by atoms with E-state index in [1.807, 2.05) is 0 Å². The molecular weight excluding hydrogens is 426 g/mol. The van der Waals surface area contributed by atoms with E-state index in [2.05, 4.69) is 36.7 Å². The molecule has 0 heterocycles. The van der Waals surface area contributed by atoms with E-state index in [1.165, 1.54) is 119 Å². The normalized spacial score (nSPS) is 11.5. The molecule has 0 bridgehead atoms. The molecule has 0 aliphatic rings. The van der Waals surface area contributed by atoms with Crippen molar-refractivity contribution < 1.29 is 21.5 Å². The summed E-state index contributed by atoms with van der Waals surface area (Å²) in [6.45, 7) is 12.7. The predicted octanol–water partition coefficient (Wildman–Crippen LogP) is 4.33. The Labute approximate surface area is 172 Å². The van der Waals surface area contributed by atoms with E-state index in [9.17, 15) is 0 Å². The first-order chi connectivity index (χ1) is 11.2. The van der Waals surface area contributed by atoms with Crippen LogP contribution in [0.1, 0.15) is 104 Å². The average Bonchev–Trinajstić information content (AvgIpc) is 2.57. The maximum atomic E-state index is 3.67. The zero-order chi connectivity index (χ0) is 17.2. The lowest BCUT2D eigenvalue weighted by Gasteiger charge is -2.39. The van der Waals surface area contributed by atoms with Crippen LogP contribution in [0.15, 0.2) is 0 Å². The second-order valence-electron chi connectivity index (χ2n) is 7.46. The fraction of sp³-hybridized carbons (Fsp3) is 1.00. The van der Waals surface area contributed by atoms with Gasteiger partial charge in [-0.2, -0.15) is 0 Å². The molecule has 148 valence electrons. The molecule has 1 nitrogen and oxygen atoms in total. The lowest BCUT2D eigenvalue weighted by Crippen LogP contribution is -3.00. The Hall–Kier alpha value is 0.920. The Bertz CT molecular complexity index is 203. The number of quaternary nitrogens is 1. The van der Waals surface area contributed by atoms with Gasteiger partial charge in [0.25, 0.3) is 0 Å². The van der Waals surface area contributed by atoms with Crippen molar-refractivity contribution in [2.75, 3.05) is 31.5 Å². The number of hydrogen-bond donors (Lipinski definition) is 0. The number of halogens is 2. The first-order valence-corrected chi connectivity index (χ1v) is 11.8. The highest BCUT2D eigenvalue weighted by Gasteiger charge is 2.25. The van der Waals surface area contributed by atoms with Crippen LogP contribution in [0.2, 0.25) is 0 Å². The maximum Gasteiger partial charge on any atom is 0.0794 e. The summed E-state index contributed by atoms with van der Waals surface area (Å²) in [5, 5.41) is 1.17. The summed E-state index contributed by atoms with van der Waals surface area (Å²) in [4.78, 5) is 0.